The van der Waals surface area contributed by atoms with Crippen molar-refractivity contribution >= 4 is 10.8 Å². The Bertz CT molecular complexity index is 445. The van der Waals surface area contributed by atoms with Crippen molar-refractivity contribution in [2.24, 2.45) is 5.90 Å². The van der Waals surface area contributed by atoms with E-state index < -0.39 is 0 Å². The van der Waals surface area contributed by atoms with Crippen LogP contribution in [0.4, 0.5) is 4.39 Å². The third-order valence-electron chi connectivity index (χ3n) is 1.81. The van der Waals surface area contributed by atoms with Crippen LogP contribution in [0.1, 0.15) is 0 Å². The van der Waals surface area contributed by atoms with Crippen molar-refractivity contribution in [2.45, 2.75) is 0 Å². The lowest BCUT2D eigenvalue weighted by molar-refractivity contribution is 0.337. The minimum Gasteiger partial charge on any atom is -0.409 e. The molecule has 0 bridgehead atoms. The Morgan fingerprint density at radius 2 is 2.15 bits per heavy atom. The SMILES string of the molecule is NOc1cncc2ccc(F)cc12. The quantitative estimate of drug-likeness (QED) is 0.675. The molecule has 0 atom stereocenters. The number of nitrogens with zero attached hydrogens (tertiary/aromatic N) is 1. The number of halogens is 1. The van der Waals surface area contributed by atoms with Gasteiger partial charge in [-0.25, -0.2) is 4.39 Å². The molecule has 0 amide bonds. The summed E-state index contributed by atoms with van der Waals surface area (Å²) in [6, 6.07) is 4.35. The van der Waals surface area contributed by atoms with Crippen molar-refractivity contribution in [3.8, 4) is 5.75 Å². The second kappa shape index (κ2) is 2.99. The van der Waals surface area contributed by atoms with Gasteiger partial charge >= 0.3 is 0 Å². The number of benzene rings is 1. The van der Waals surface area contributed by atoms with Gasteiger partial charge in [-0.2, -0.15) is 5.90 Å². The Hall–Kier alpha value is -1.68. The molecule has 0 aliphatic rings. The van der Waals surface area contributed by atoms with Gasteiger partial charge in [0.1, 0.15) is 5.82 Å². The highest BCUT2D eigenvalue weighted by atomic mass is 19.1. The molecule has 0 spiro atoms. The largest absolute Gasteiger partial charge is 0.409 e. The molecule has 0 radical (unpaired) electrons. The number of pyridine rings is 1. The number of nitrogens with two attached hydrogens (primary N) is 1. The Labute approximate surface area is 73.9 Å². The molecule has 1 aromatic heterocycles. The van der Waals surface area contributed by atoms with E-state index in [1.807, 2.05) is 0 Å². The van der Waals surface area contributed by atoms with E-state index in [4.69, 9.17) is 5.90 Å². The maximum Gasteiger partial charge on any atom is 0.172 e. The summed E-state index contributed by atoms with van der Waals surface area (Å²) < 4.78 is 12.8. The van der Waals surface area contributed by atoms with Crippen LogP contribution in [0.5, 0.6) is 5.75 Å². The molecule has 1 aromatic carbocycles. The van der Waals surface area contributed by atoms with Gasteiger partial charge in [0.15, 0.2) is 5.75 Å². The first kappa shape index (κ1) is 7.94. The lowest BCUT2D eigenvalue weighted by atomic mass is 10.1. The highest BCUT2D eigenvalue weighted by Gasteiger charge is 2.02. The van der Waals surface area contributed by atoms with E-state index in [9.17, 15) is 4.39 Å². The number of rotatable bonds is 1. The Kier molecular flexibility index (Phi) is 1.83. The average molecular weight is 178 g/mol. The Morgan fingerprint density at radius 3 is 2.92 bits per heavy atom. The summed E-state index contributed by atoms with van der Waals surface area (Å²) in [5.41, 5.74) is 0. The van der Waals surface area contributed by atoms with Crippen LogP contribution in [0, 0.1) is 5.82 Å². The first-order valence-corrected chi connectivity index (χ1v) is 3.71. The van der Waals surface area contributed by atoms with E-state index in [1.165, 1.54) is 18.3 Å². The number of fused-ring (bicyclic) bond motifs is 1. The summed E-state index contributed by atoms with van der Waals surface area (Å²) in [4.78, 5) is 8.44. The van der Waals surface area contributed by atoms with Gasteiger partial charge in [-0.3, -0.25) is 4.98 Å². The monoisotopic (exact) mass is 178 g/mol. The van der Waals surface area contributed by atoms with E-state index in [0.717, 1.165) is 5.39 Å². The van der Waals surface area contributed by atoms with E-state index in [2.05, 4.69) is 9.82 Å². The Morgan fingerprint density at radius 1 is 1.31 bits per heavy atom. The molecule has 2 N–H and O–H groups in total. The van der Waals surface area contributed by atoms with Crippen LogP contribution < -0.4 is 10.7 Å². The molecule has 1 heterocycles. The van der Waals surface area contributed by atoms with Crippen LogP contribution in [0.3, 0.4) is 0 Å². The van der Waals surface area contributed by atoms with Gasteiger partial charge in [0.05, 0.1) is 6.20 Å². The van der Waals surface area contributed by atoms with E-state index in [-0.39, 0.29) is 5.82 Å². The van der Waals surface area contributed by atoms with E-state index >= 15 is 0 Å². The second-order valence-corrected chi connectivity index (χ2v) is 2.62. The molecule has 0 fully saturated rings. The molecule has 66 valence electrons. The summed E-state index contributed by atoms with van der Waals surface area (Å²) in [5.74, 6) is 5.05. The minimum atomic E-state index is -0.322. The molecule has 3 nitrogen and oxygen atoms in total. The molecule has 13 heavy (non-hydrogen) atoms. The van der Waals surface area contributed by atoms with E-state index in [1.54, 1.807) is 12.3 Å². The third-order valence-corrected chi connectivity index (χ3v) is 1.81. The van der Waals surface area contributed by atoms with Crippen LogP contribution >= 0.6 is 0 Å². The highest BCUT2D eigenvalue weighted by Crippen LogP contribution is 2.23. The summed E-state index contributed by atoms with van der Waals surface area (Å²) in [5, 5.41) is 1.42. The van der Waals surface area contributed by atoms with Crippen LogP contribution in [-0.4, -0.2) is 4.98 Å². The van der Waals surface area contributed by atoms with Gasteiger partial charge in [0.25, 0.3) is 0 Å². The van der Waals surface area contributed by atoms with Gasteiger partial charge in [0, 0.05) is 17.0 Å². The summed E-state index contributed by atoms with van der Waals surface area (Å²) >= 11 is 0. The highest BCUT2D eigenvalue weighted by molar-refractivity contribution is 5.87. The van der Waals surface area contributed by atoms with Crippen molar-refractivity contribution in [2.75, 3.05) is 0 Å². The lowest BCUT2D eigenvalue weighted by Crippen LogP contribution is -2.02. The van der Waals surface area contributed by atoms with Gasteiger partial charge in [0.2, 0.25) is 0 Å². The fourth-order valence-electron chi connectivity index (χ4n) is 1.20. The number of hydrogen-bond acceptors (Lipinski definition) is 3. The molecule has 0 aliphatic carbocycles. The first-order chi connectivity index (χ1) is 6.31. The minimum absolute atomic E-state index is 0.322. The molecule has 4 heteroatoms. The molecule has 0 unspecified atom stereocenters. The molecular formula is C9H7FN2O. The maximum absolute atomic E-state index is 12.8. The predicted molar refractivity (Wildman–Crippen MR) is 46.5 cm³/mol. The van der Waals surface area contributed by atoms with Crippen molar-refractivity contribution in [1.29, 1.82) is 0 Å². The van der Waals surface area contributed by atoms with E-state index in [0.29, 0.717) is 11.1 Å². The summed E-state index contributed by atoms with van der Waals surface area (Å²) in [6.45, 7) is 0. The molecule has 2 rings (SSSR count). The Balaban J connectivity index is 2.79. The normalized spacial score (nSPS) is 10.3. The third kappa shape index (κ3) is 1.31. The number of hydrogen-bond donors (Lipinski definition) is 1. The zero-order valence-corrected chi connectivity index (χ0v) is 6.70. The van der Waals surface area contributed by atoms with Crippen molar-refractivity contribution in [3.05, 3.63) is 36.4 Å². The molecule has 2 aromatic rings. The van der Waals surface area contributed by atoms with Gasteiger partial charge in [-0.15, -0.1) is 0 Å². The topological polar surface area (TPSA) is 48.1 Å². The fraction of sp³-hybridized carbons (Fsp3) is 0. The maximum atomic E-state index is 12.8. The van der Waals surface area contributed by atoms with Crippen molar-refractivity contribution < 1.29 is 9.23 Å². The lowest BCUT2D eigenvalue weighted by Gasteiger charge is -2.02. The standard InChI is InChI=1S/C9H7FN2O/c10-7-2-1-6-4-12-5-9(13-11)8(6)3-7/h1-5H,11H2. The van der Waals surface area contributed by atoms with Crippen molar-refractivity contribution in [1.82, 2.24) is 4.98 Å². The zero-order chi connectivity index (χ0) is 9.26. The average Bonchev–Trinajstić information content (AvgIpc) is 2.17. The van der Waals surface area contributed by atoms with Crippen LogP contribution in [0.2, 0.25) is 0 Å². The zero-order valence-electron chi connectivity index (χ0n) is 6.70. The van der Waals surface area contributed by atoms with Crippen LogP contribution in [0.15, 0.2) is 30.6 Å². The fourth-order valence-corrected chi connectivity index (χ4v) is 1.20. The molecule has 0 aliphatic heterocycles. The van der Waals surface area contributed by atoms with Gasteiger partial charge in [-0.05, 0) is 18.2 Å². The van der Waals surface area contributed by atoms with Gasteiger partial charge in [-0.1, -0.05) is 0 Å². The van der Waals surface area contributed by atoms with Crippen LogP contribution in [0.25, 0.3) is 10.8 Å². The summed E-state index contributed by atoms with van der Waals surface area (Å²) in [7, 11) is 0. The number of aromatic nitrogens is 1. The molecule has 0 saturated heterocycles. The van der Waals surface area contributed by atoms with Crippen molar-refractivity contribution in [3.63, 3.8) is 0 Å². The van der Waals surface area contributed by atoms with Gasteiger partial charge < -0.3 is 4.84 Å². The predicted octanol–water partition coefficient (Wildman–Crippen LogP) is 1.63. The molecular weight excluding hydrogens is 171 g/mol. The second-order valence-electron chi connectivity index (χ2n) is 2.62. The smallest absolute Gasteiger partial charge is 0.172 e. The molecule has 0 saturated carbocycles. The first-order valence-electron chi connectivity index (χ1n) is 3.71. The van der Waals surface area contributed by atoms with Crippen LogP contribution in [-0.2, 0) is 0 Å². The summed E-state index contributed by atoms with van der Waals surface area (Å²) in [6.07, 6.45) is 3.07.